The van der Waals surface area contributed by atoms with E-state index in [1.54, 1.807) is 0 Å². The van der Waals surface area contributed by atoms with Gasteiger partial charge in [0.2, 0.25) is 0 Å². The lowest BCUT2D eigenvalue weighted by Gasteiger charge is -2.13. The Labute approximate surface area is 117 Å². The third kappa shape index (κ3) is 5.40. The maximum atomic E-state index is 13.7. The normalized spacial score (nSPS) is 12.8. The van der Waals surface area contributed by atoms with Crippen LogP contribution in [0.15, 0.2) is 12.1 Å². The van der Waals surface area contributed by atoms with Crippen molar-refractivity contribution in [1.82, 2.24) is 5.32 Å². The van der Waals surface area contributed by atoms with E-state index in [4.69, 9.17) is 14.9 Å². The molecule has 0 saturated heterocycles. The summed E-state index contributed by atoms with van der Waals surface area (Å²) in [5.41, 5.74) is 0.482. The molecule has 3 N–H and O–H groups in total. The van der Waals surface area contributed by atoms with Crippen LogP contribution in [0.25, 0.3) is 0 Å². The van der Waals surface area contributed by atoms with Crippen LogP contribution in [0.1, 0.15) is 19.4 Å². The molecule has 0 aliphatic heterocycles. The lowest BCUT2D eigenvalue weighted by Crippen LogP contribution is -2.22. The SMILES string of the molecule is CC(C)CNCc1cc(F)c(OCC(O)CO)c(F)c1. The van der Waals surface area contributed by atoms with Crippen LogP contribution in [-0.4, -0.2) is 36.1 Å². The Morgan fingerprint density at radius 2 is 1.85 bits per heavy atom. The highest BCUT2D eigenvalue weighted by Gasteiger charge is 2.14. The number of benzene rings is 1. The monoisotopic (exact) mass is 289 g/mol. The minimum Gasteiger partial charge on any atom is -0.485 e. The molecular formula is C14H21F2NO3. The van der Waals surface area contributed by atoms with Gasteiger partial charge in [0.15, 0.2) is 17.4 Å². The molecule has 0 saturated carbocycles. The first-order chi connectivity index (χ1) is 9.43. The van der Waals surface area contributed by atoms with Crippen molar-refractivity contribution in [2.24, 2.45) is 5.92 Å². The second kappa shape index (κ2) is 8.14. The minimum atomic E-state index is -1.17. The van der Waals surface area contributed by atoms with Gasteiger partial charge in [0.1, 0.15) is 12.7 Å². The summed E-state index contributed by atoms with van der Waals surface area (Å²) < 4.78 is 32.3. The van der Waals surface area contributed by atoms with Gasteiger partial charge in [0, 0.05) is 6.54 Å². The zero-order valence-electron chi connectivity index (χ0n) is 11.7. The molecule has 0 aliphatic rings. The van der Waals surface area contributed by atoms with Crippen LogP contribution in [0.2, 0.25) is 0 Å². The van der Waals surface area contributed by atoms with Crippen molar-refractivity contribution in [2.75, 3.05) is 19.8 Å². The van der Waals surface area contributed by atoms with E-state index in [9.17, 15) is 8.78 Å². The second-order valence-electron chi connectivity index (χ2n) is 5.06. The lowest BCUT2D eigenvalue weighted by molar-refractivity contribution is 0.0509. The molecule has 0 amide bonds. The van der Waals surface area contributed by atoms with E-state index in [1.807, 2.05) is 13.8 Å². The van der Waals surface area contributed by atoms with Crippen molar-refractivity contribution in [3.63, 3.8) is 0 Å². The Balaban J connectivity index is 2.66. The van der Waals surface area contributed by atoms with Crippen LogP contribution in [-0.2, 0) is 6.54 Å². The fraction of sp³-hybridized carbons (Fsp3) is 0.571. The molecule has 0 heterocycles. The number of nitrogens with one attached hydrogen (secondary N) is 1. The molecule has 1 unspecified atom stereocenters. The lowest BCUT2D eigenvalue weighted by atomic mass is 10.1. The van der Waals surface area contributed by atoms with E-state index in [0.717, 1.165) is 6.54 Å². The van der Waals surface area contributed by atoms with Gasteiger partial charge in [-0.3, -0.25) is 0 Å². The summed E-state index contributed by atoms with van der Waals surface area (Å²) in [6.07, 6.45) is -1.17. The van der Waals surface area contributed by atoms with Crippen LogP contribution < -0.4 is 10.1 Å². The molecule has 1 rings (SSSR count). The van der Waals surface area contributed by atoms with Gasteiger partial charge in [0.25, 0.3) is 0 Å². The van der Waals surface area contributed by atoms with Crippen molar-refractivity contribution in [3.05, 3.63) is 29.3 Å². The highest BCUT2D eigenvalue weighted by atomic mass is 19.1. The first-order valence-electron chi connectivity index (χ1n) is 6.54. The molecule has 0 aliphatic carbocycles. The quantitative estimate of drug-likeness (QED) is 0.678. The van der Waals surface area contributed by atoms with Crippen molar-refractivity contribution in [1.29, 1.82) is 0 Å². The zero-order chi connectivity index (χ0) is 15.1. The standard InChI is InChI=1S/C14H21F2NO3/c1-9(2)5-17-6-10-3-12(15)14(13(16)4-10)20-8-11(19)7-18/h3-4,9,11,17-19H,5-8H2,1-2H3. The Kier molecular flexibility index (Phi) is 6.84. The van der Waals surface area contributed by atoms with Crippen molar-refractivity contribution < 1.29 is 23.7 Å². The number of aliphatic hydroxyl groups excluding tert-OH is 2. The highest BCUT2D eigenvalue weighted by molar-refractivity contribution is 5.31. The van der Waals surface area contributed by atoms with Crippen molar-refractivity contribution in [2.45, 2.75) is 26.5 Å². The van der Waals surface area contributed by atoms with Gasteiger partial charge in [0.05, 0.1) is 6.61 Å². The van der Waals surface area contributed by atoms with Crippen LogP contribution >= 0.6 is 0 Å². The largest absolute Gasteiger partial charge is 0.485 e. The van der Waals surface area contributed by atoms with Crippen LogP contribution in [0, 0.1) is 17.6 Å². The van der Waals surface area contributed by atoms with E-state index in [1.165, 1.54) is 12.1 Å². The number of aliphatic hydroxyl groups is 2. The summed E-state index contributed by atoms with van der Waals surface area (Å²) in [5, 5.41) is 20.8. The number of hydrogen-bond donors (Lipinski definition) is 3. The summed E-state index contributed by atoms with van der Waals surface area (Å²) in [6.45, 7) is 4.31. The van der Waals surface area contributed by atoms with Crippen LogP contribution in [0.5, 0.6) is 5.75 Å². The minimum absolute atomic E-state index is 0.366. The number of ether oxygens (including phenoxy) is 1. The van der Waals surface area contributed by atoms with E-state index in [0.29, 0.717) is 18.0 Å². The third-order valence-corrected chi connectivity index (χ3v) is 2.57. The van der Waals surface area contributed by atoms with E-state index in [2.05, 4.69) is 5.32 Å². The summed E-state index contributed by atoms with van der Waals surface area (Å²) >= 11 is 0. The van der Waals surface area contributed by atoms with Gasteiger partial charge < -0.3 is 20.3 Å². The zero-order valence-corrected chi connectivity index (χ0v) is 11.7. The Hall–Kier alpha value is -1.24. The van der Waals surface area contributed by atoms with Gasteiger partial charge in [-0.1, -0.05) is 13.8 Å². The van der Waals surface area contributed by atoms with Gasteiger partial charge in [-0.05, 0) is 30.2 Å². The van der Waals surface area contributed by atoms with Gasteiger partial charge in [-0.2, -0.15) is 0 Å². The maximum Gasteiger partial charge on any atom is 0.190 e. The molecule has 0 spiro atoms. The average Bonchev–Trinajstić information content (AvgIpc) is 2.37. The number of halogens is 2. The topological polar surface area (TPSA) is 61.7 Å². The van der Waals surface area contributed by atoms with E-state index < -0.39 is 30.1 Å². The summed E-state index contributed by atoms with van der Waals surface area (Å²) in [4.78, 5) is 0. The summed E-state index contributed by atoms with van der Waals surface area (Å²) in [5.74, 6) is -1.73. The molecule has 1 aromatic carbocycles. The average molecular weight is 289 g/mol. The molecule has 0 radical (unpaired) electrons. The van der Waals surface area contributed by atoms with Crippen molar-refractivity contribution >= 4 is 0 Å². The molecule has 4 nitrogen and oxygen atoms in total. The van der Waals surface area contributed by atoms with Crippen LogP contribution in [0.3, 0.4) is 0 Å². The summed E-state index contributed by atoms with van der Waals surface area (Å²) in [7, 11) is 0. The number of hydrogen-bond acceptors (Lipinski definition) is 4. The van der Waals surface area contributed by atoms with Crippen molar-refractivity contribution in [3.8, 4) is 5.75 Å². The molecule has 0 fully saturated rings. The molecular weight excluding hydrogens is 268 g/mol. The molecule has 6 heteroatoms. The first-order valence-corrected chi connectivity index (χ1v) is 6.54. The molecule has 20 heavy (non-hydrogen) atoms. The fourth-order valence-electron chi connectivity index (χ4n) is 1.59. The predicted molar refractivity (Wildman–Crippen MR) is 71.5 cm³/mol. The first kappa shape index (κ1) is 16.8. The molecule has 0 bridgehead atoms. The molecule has 0 aromatic heterocycles. The predicted octanol–water partition coefficient (Wildman–Crippen LogP) is 1.44. The van der Waals surface area contributed by atoms with E-state index >= 15 is 0 Å². The second-order valence-corrected chi connectivity index (χ2v) is 5.06. The fourth-order valence-corrected chi connectivity index (χ4v) is 1.59. The summed E-state index contributed by atoms with van der Waals surface area (Å²) in [6, 6.07) is 2.38. The smallest absolute Gasteiger partial charge is 0.190 e. The highest BCUT2D eigenvalue weighted by Crippen LogP contribution is 2.23. The Bertz CT molecular complexity index is 404. The Morgan fingerprint density at radius 3 is 2.35 bits per heavy atom. The maximum absolute atomic E-state index is 13.7. The van der Waals surface area contributed by atoms with Gasteiger partial charge in [-0.15, -0.1) is 0 Å². The van der Waals surface area contributed by atoms with Crippen LogP contribution in [0.4, 0.5) is 8.78 Å². The molecule has 1 aromatic rings. The Morgan fingerprint density at radius 1 is 1.25 bits per heavy atom. The van der Waals surface area contributed by atoms with Gasteiger partial charge >= 0.3 is 0 Å². The van der Waals surface area contributed by atoms with Gasteiger partial charge in [-0.25, -0.2) is 8.78 Å². The third-order valence-electron chi connectivity index (χ3n) is 2.57. The molecule has 1 atom stereocenters. The van der Waals surface area contributed by atoms with E-state index in [-0.39, 0.29) is 6.61 Å². The number of rotatable bonds is 8. The molecule has 114 valence electrons.